The lowest BCUT2D eigenvalue weighted by Crippen LogP contribution is -2.61. The molecule has 0 aliphatic carbocycles. The standard InChI is InChI=1S/C54H105NO8/c1-9-11-13-15-17-19-21-23-24-25-26-27-28-29-30-32-34-36-38-40-42-44-50(56)55(3)47(45-62-54-53(61-8)52(60-7)51(59-6)49(63-54)46-57-4)48(58-5)43-41-39-37-35-33-31-22-20-18-16-14-12-10-2/h41,43,47-49,51-54H,9-40,42,44-46H2,1-8H3/b43-41+/t47-,48-,49?,51?,52?,53?,54?/m0/s1. The van der Waals surface area contributed by atoms with E-state index in [0.717, 1.165) is 25.7 Å². The quantitative estimate of drug-likeness (QED) is 0.0441. The minimum atomic E-state index is -0.746. The summed E-state index contributed by atoms with van der Waals surface area (Å²) >= 11 is 0. The van der Waals surface area contributed by atoms with Crippen molar-refractivity contribution in [2.24, 2.45) is 0 Å². The molecule has 0 radical (unpaired) electrons. The van der Waals surface area contributed by atoms with E-state index >= 15 is 0 Å². The molecule has 9 nitrogen and oxygen atoms in total. The SMILES string of the molecule is CCCCCCCCCCCCC/C=C/[C@H](OC)[C@H](COC1OC(COC)C(OC)C(OC)C1OC)N(C)C(=O)CCCCCCCCCCCCCCCCCCCCCCC. The number of carbonyl (C=O) groups is 1. The summed E-state index contributed by atoms with van der Waals surface area (Å²) in [5.74, 6) is 0.113. The van der Waals surface area contributed by atoms with E-state index in [1.807, 2.05) is 11.9 Å². The van der Waals surface area contributed by atoms with Gasteiger partial charge >= 0.3 is 0 Å². The second-order valence-corrected chi connectivity index (χ2v) is 18.8. The van der Waals surface area contributed by atoms with Crippen LogP contribution in [0.4, 0.5) is 0 Å². The molecule has 9 heteroatoms. The molecule has 0 bridgehead atoms. The third kappa shape index (κ3) is 29.3. The molecular formula is C54H105NO8. The highest BCUT2D eigenvalue weighted by Gasteiger charge is 2.48. The summed E-state index contributed by atoms with van der Waals surface area (Å²) in [6, 6.07) is -0.353. The van der Waals surface area contributed by atoms with Crippen LogP contribution in [-0.4, -0.2) is 109 Å². The molecule has 1 saturated heterocycles. The smallest absolute Gasteiger partial charge is 0.222 e. The Morgan fingerprint density at radius 3 is 1.32 bits per heavy atom. The molecule has 1 aliphatic rings. The molecule has 1 fully saturated rings. The molecule has 1 rings (SSSR count). The van der Waals surface area contributed by atoms with Gasteiger partial charge in [0.25, 0.3) is 0 Å². The van der Waals surface area contributed by atoms with Crippen LogP contribution in [0.3, 0.4) is 0 Å². The molecule has 5 unspecified atom stereocenters. The molecule has 0 saturated carbocycles. The number of carbonyl (C=O) groups excluding carboxylic acids is 1. The summed E-state index contributed by atoms with van der Waals surface area (Å²) in [4.78, 5) is 15.6. The number of ether oxygens (including phenoxy) is 7. The van der Waals surface area contributed by atoms with E-state index in [0.29, 0.717) is 13.0 Å². The highest BCUT2D eigenvalue weighted by Crippen LogP contribution is 2.29. The normalized spacial score (nSPS) is 20.2. The summed E-state index contributed by atoms with van der Waals surface area (Å²) in [6.07, 6.45) is 45.9. The van der Waals surface area contributed by atoms with Crippen LogP contribution < -0.4 is 0 Å². The maximum Gasteiger partial charge on any atom is 0.222 e. The number of allylic oxidation sites excluding steroid dienone is 1. The van der Waals surface area contributed by atoms with Gasteiger partial charge in [0.1, 0.15) is 24.4 Å². The van der Waals surface area contributed by atoms with Gasteiger partial charge in [0, 0.05) is 49.0 Å². The lowest BCUT2D eigenvalue weighted by atomic mass is 9.98. The predicted octanol–water partition coefficient (Wildman–Crippen LogP) is 14.1. The van der Waals surface area contributed by atoms with Crippen molar-refractivity contribution in [1.29, 1.82) is 0 Å². The van der Waals surface area contributed by atoms with Crippen LogP contribution in [0.15, 0.2) is 12.2 Å². The predicted molar refractivity (Wildman–Crippen MR) is 264 cm³/mol. The fraction of sp³-hybridized carbons (Fsp3) is 0.944. The summed E-state index contributed by atoms with van der Waals surface area (Å²) in [5.41, 5.74) is 0. The van der Waals surface area contributed by atoms with Gasteiger partial charge in [-0.15, -0.1) is 0 Å². The molecule has 1 heterocycles. The zero-order valence-electron chi connectivity index (χ0n) is 42.9. The lowest BCUT2D eigenvalue weighted by molar-refractivity contribution is -0.315. The number of methoxy groups -OCH3 is 5. The first kappa shape index (κ1) is 59.9. The first-order valence-electron chi connectivity index (χ1n) is 26.7. The average Bonchev–Trinajstić information content (AvgIpc) is 3.29. The number of likely N-dealkylation sites (N-methyl/N-ethyl adjacent to an activating group) is 1. The number of rotatable bonds is 46. The Morgan fingerprint density at radius 1 is 0.540 bits per heavy atom. The lowest BCUT2D eigenvalue weighted by Gasteiger charge is -2.45. The van der Waals surface area contributed by atoms with Crippen molar-refractivity contribution in [2.75, 3.05) is 55.8 Å². The molecular weight excluding hydrogens is 791 g/mol. The first-order chi connectivity index (χ1) is 30.9. The van der Waals surface area contributed by atoms with Crippen LogP contribution >= 0.6 is 0 Å². The fourth-order valence-electron chi connectivity index (χ4n) is 9.32. The Bertz CT molecular complexity index is 1010. The van der Waals surface area contributed by atoms with Crippen molar-refractivity contribution in [2.45, 2.75) is 275 Å². The molecule has 1 amide bonds. The van der Waals surface area contributed by atoms with Gasteiger partial charge in [-0.3, -0.25) is 4.79 Å². The Hall–Kier alpha value is -1.07. The van der Waals surface area contributed by atoms with E-state index in [4.69, 9.17) is 33.2 Å². The van der Waals surface area contributed by atoms with Crippen LogP contribution in [0, 0.1) is 0 Å². The van der Waals surface area contributed by atoms with E-state index in [9.17, 15) is 4.79 Å². The summed E-state index contributed by atoms with van der Waals surface area (Å²) < 4.78 is 42.0. The minimum absolute atomic E-state index is 0.113. The van der Waals surface area contributed by atoms with Gasteiger partial charge in [0.05, 0.1) is 25.4 Å². The molecule has 0 spiro atoms. The zero-order valence-corrected chi connectivity index (χ0v) is 42.9. The van der Waals surface area contributed by atoms with E-state index in [1.54, 1.807) is 35.5 Å². The van der Waals surface area contributed by atoms with Crippen LogP contribution in [-0.2, 0) is 38.0 Å². The zero-order chi connectivity index (χ0) is 46.0. The molecule has 0 aromatic heterocycles. The number of nitrogens with zero attached hydrogens (tertiary/aromatic N) is 1. The van der Waals surface area contributed by atoms with Gasteiger partial charge in [-0.05, 0) is 19.3 Å². The monoisotopic (exact) mass is 896 g/mol. The van der Waals surface area contributed by atoms with E-state index < -0.39 is 24.6 Å². The second-order valence-electron chi connectivity index (χ2n) is 18.8. The van der Waals surface area contributed by atoms with Crippen molar-refractivity contribution in [3.8, 4) is 0 Å². The van der Waals surface area contributed by atoms with Crippen LogP contribution in [0.2, 0.25) is 0 Å². The third-order valence-corrected chi connectivity index (χ3v) is 13.5. The Kier molecular flexibility index (Phi) is 41.4. The van der Waals surface area contributed by atoms with Crippen LogP contribution in [0.5, 0.6) is 0 Å². The summed E-state index contributed by atoms with van der Waals surface area (Å²) in [5, 5.41) is 0. The number of unbranched alkanes of at least 4 members (excludes halogenated alkanes) is 31. The Morgan fingerprint density at radius 2 is 0.937 bits per heavy atom. The summed E-state index contributed by atoms with van der Waals surface area (Å²) in [6.45, 7) is 5.10. The number of hydrogen-bond acceptors (Lipinski definition) is 8. The molecule has 1 aliphatic heterocycles. The molecule has 0 N–H and O–H groups in total. The van der Waals surface area contributed by atoms with Gasteiger partial charge in [-0.1, -0.05) is 219 Å². The van der Waals surface area contributed by atoms with Crippen molar-refractivity contribution in [3.63, 3.8) is 0 Å². The second kappa shape index (κ2) is 43.5. The highest BCUT2D eigenvalue weighted by molar-refractivity contribution is 5.76. The van der Waals surface area contributed by atoms with Crippen molar-refractivity contribution in [3.05, 3.63) is 12.2 Å². The molecule has 7 atom stereocenters. The minimum Gasteiger partial charge on any atom is -0.382 e. The van der Waals surface area contributed by atoms with E-state index in [2.05, 4.69) is 26.0 Å². The molecule has 374 valence electrons. The first-order valence-corrected chi connectivity index (χ1v) is 26.7. The topological polar surface area (TPSA) is 84.9 Å². The Labute approximate surface area is 390 Å². The highest BCUT2D eigenvalue weighted by atomic mass is 16.7. The number of hydrogen-bond donors (Lipinski definition) is 0. The maximum absolute atomic E-state index is 13.8. The third-order valence-electron chi connectivity index (χ3n) is 13.5. The van der Waals surface area contributed by atoms with Crippen molar-refractivity contribution in [1.82, 2.24) is 4.90 Å². The van der Waals surface area contributed by atoms with Gasteiger partial charge < -0.3 is 38.1 Å². The largest absolute Gasteiger partial charge is 0.382 e. The fourth-order valence-corrected chi connectivity index (χ4v) is 9.32. The molecule has 0 aromatic rings. The van der Waals surface area contributed by atoms with Crippen molar-refractivity contribution < 1.29 is 38.0 Å². The van der Waals surface area contributed by atoms with E-state index in [1.165, 1.54) is 186 Å². The Balaban J connectivity index is 2.55. The van der Waals surface area contributed by atoms with Crippen LogP contribution in [0.25, 0.3) is 0 Å². The van der Waals surface area contributed by atoms with Gasteiger partial charge in [0.15, 0.2) is 6.29 Å². The maximum atomic E-state index is 13.8. The van der Waals surface area contributed by atoms with Gasteiger partial charge in [0.2, 0.25) is 5.91 Å². The average molecular weight is 896 g/mol. The van der Waals surface area contributed by atoms with Crippen molar-refractivity contribution >= 4 is 5.91 Å². The molecule has 0 aromatic carbocycles. The number of amides is 1. The van der Waals surface area contributed by atoms with E-state index in [-0.39, 0.29) is 30.8 Å². The van der Waals surface area contributed by atoms with Gasteiger partial charge in [-0.2, -0.15) is 0 Å². The van der Waals surface area contributed by atoms with Gasteiger partial charge in [-0.25, -0.2) is 0 Å². The summed E-state index contributed by atoms with van der Waals surface area (Å²) in [7, 11) is 10.2. The molecule has 63 heavy (non-hydrogen) atoms. The van der Waals surface area contributed by atoms with Crippen LogP contribution in [0.1, 0.15) is 232 Å².